The van der Waals surface area contributed by atoms with Crippen molar-refractivity contribution in [2.75, 3.05) is 0 Å². The van der Waals surface area contributed by atoms with Crippen LogP contribution in [0.3, 0.4) is 0 Å². The van der Waals surface area contributed by atoms with E-state index >= 15 is 0 Å². The van der Waals surface area contributed by atoms with Crippen LogP contribution in [-0.4, -0.2) is 9.78 Å². The van der Waals surface area contributed by atoms with Crippen molar-refractivity contribution in [3.8, 4) is 17.3 Å². The van der Waals surface area contributed by atoms with Crippen LogP contribution in [0.2, 0.25) is 0 Å². The second-order valence-electron chi connectivity index (χ2n) is 3.60. The van der Waals surface area contributed by atoms with Crippen LogP contribution in [0.25, 0.3) is 11.3 Å². The summed E-state index contributed by atoms with van der Waals surface area (Å²) in [6.45, 7) is 0. The maximum absolute atomic E-state index is 13.6. The summed E-state index contributed by atoms with van der Waals surface area (Å²) in [5.41, 5.74) is -0.798. The number of benzene rings is 1. The lowest BCUT2D eigenvalue weighted by Gasteiger charge is -2.06. The van der Waals surface area contributed by atoms with E-state index in [1.807, 2.05) is 0 Å². The highest BCUT2D eigenvalue weighted by atomic mass is 19.1. The summed E-state index contributed by atoms with van der Waals surface area (Å²) in [7, 11) is 1.37. The van der Waals surface area contributed by atoms with Gasteiger partial charge in [-0.3, -0.25) is 4.79 Å². The number of halogens is 2. The third kappa shape index (κ3) is 1.98. The van der Waals surface area contributed by atoms with Gasteiger partial charge in [0.05, 0.1) is 5.56 Å². The molecule has 18 heavy (non-hydrogen) atoms. The average molecular weight is 247 g/mol. The van der Waals surface area contributed by atoms with E-state index < -0.39 is 17.2 Å². The molecule has 90 valence electrons. The van der Waals surface area contributed by atoms with Crippen molar-refractivity contribution in [2.45, 2.75) is 0 Å². The first-order valence-electron chi connectivity index (χ1n) is 4.97. The van der Waals surface area contributed by atoms with Crippen molar-refractivity contribution in [1.29, 1.82) is 5.26 Å². The Kier molecular flexibility index (Phi) is 2.90. The molecule has 1 aromatic heterocycles. The maximum Gasteiger partial charge on any atom is 0.267 e. The Morgan fingerprint density at radius 3 is 2.72 bits per heavy atom. The maximum atomic E-state index is 13.6. The molecule has 2 rings (SSSR count). The topological polar surface area (TPSA) is 58.7 Å². The molecule has 0 radical (unpaired) electrons. The molecule has 0 amide bonds. The minimum absolute atomic E-state index is 0.0587. The van der Waals surface area contributed by atoms with Gasteiger partial charge in [0, 0.05) is 18.7 Å². The van der Waals surface area contributed by atoms with Crippen molar-refractivity contribution >= 4 is 0 Å². The van der Waals surface area contributed by atoms with Crippen LogP contribution in [0.5, 0.6) is 0 Å². The fourth-order valence-corrected chi connectivity index (χ4v) is 1.50. The molecule has 1 heterocycles. The number of aryl methyl sites for hydroxylation is 1. The van der Waals surface area contributed by atoms with Gasteiger partial charge in [0.15, 0.2) is 0 Å². The highest BCUT2D eigenvalue weighted by Crippen LogP contribution is 2.23. The molecular weight excluding hydrogens is 240 g/mol. The monoisotopic (exact) mass is 247 g/mol. The summed E-state index contributed by atoms with van der Waals surface area (Å²) in [6.07, 6.45) is 0. The van der Waals surface area contributed by atoms with Gasteiger partial charge in [0.2, 0.25) is 0 Å². The lowest BCUT2D eigenvalue weighted by atomic mass is 10.1. The molecular formula is C12H7F2N3O. The molecule has 4 nitrogen and oxygen atoms in total. The van der Waals surface area contributed by atoms with Crippen LogP contribution in [-0.2, 0) is 7.05 Å². The van der Waals surface area contributed by atoms with Gasteiger partial charge in [-0.05, 0) is 18.2 Å². The van der Waals surface area contributed by atoms with E-state index in [0.29, 0.717) is 0 Å². The summed E-state index contributed by atoms with van der Waals surface area (Å²) < 4.78 is 27.7. The average Bonchev–Trinajstić information content (AvgIpc) is 2.35. The van der Waals surface area contributed by atoms with Crippen LogP contribution in [0, 0.1) is 23.0 Å². The molecule has 2 aromatic rings. The molecule has 0 aliphatic rings. The van der Waals surface area contributed by atoms with Crippen molar-refractivity contribution < 1.29 is 8.78 Å². The SMILES string of the molecule is Cn1nc(-c2cc(F)ccc2F)c(C#N)cc1=O. The normalized spacial score (nSPS) is 10.1. The summed E-state index contributed by atoms with van der Waals surface area (Å²) in [5.74, 6) is -1.36. The Morgan fingerprint density at radius 2 is 2.06 bits per heavy atom. The van der Waals surface area contributed by atoms with Gasteiger partial charge in [0.1, 0.15) is 23.4 Å². The van der Waals surface area contributed by atoms with Crippen molar-refractivity contribution in [1.82, 2.24) is 9.78 Å². The molecule has 0 bridgehead atoms. The van der Waals surface area contributed by atoms with E-state index in [1.165, 1.54) is 7.05 Å². The number of nitrogens with zero attached hydrogens (tertiary/aromatic N) is 3. The molecule has 6 heteroatoms. The summed E-state index contributed by atoms with van der Waals surface area (Å²) >= 11 is 0. The second-order valence-corrected chi connectivity index (χ2v) is 3.60. The zero-order valence-corrected chi connectivity index (χ0v) is 9.32. The highest BCUT2D eigenvalue weighted by molar-refractivity contribution is 5.66. The molecule has 0 saturated heterocycles. The van der Waals surface area contributed by atoms with E-state index in [0.717, 1.165) is 28.9 Å². The number of rotatable bonds is 1. The first-order chi connectivity index (χ1) is 8.52. The van der Waals surface area contributed by atoms with Gasteiger partial charge in [-0.15, -0.1) is 0 Å². The Labute approximate surface area is 101 Å². The summed E-state index contributed by atoms with van der Waals surface area (Å²) in [4.78, 5) is 11.3. The van der Waals surface area contributed by atoms with E-state index in [9.17, 15) is 13.6 Å². The van der Waals surface area contributed by atoms with E-state index in [1.54, 1.807) is 6.07 Å². The first-order valence-corrected chi connectivity index (χ1v) is 4.97. The quantitative estimate of drug-likeness (QED) is 0.769. The molecule has 0 aliphatic heterocycles. The Balaban J connectivity index is 2.79. The standard InChI is InChI=1S/C12H7F2N3O/c1-17-11(18)4-7(6-15)12(16-17)9-5-8(13)2-3-10(9)14/h2-5H,1H3. The van der Waals surface area contributed by atoms with Crippen molar-refractivity contribution in [3.63, 3.8) is 0 Å². The molecule has 0 fully saturated rings. The smallest absolute Gasteiger partial charge is 0.267 e. The number of nitriles is 1. The van der Waals surface area contributed by atoms with Crippen LogP contribution >= 0.6 is 0 Å². The van der Waals surface area contributed by atoms with Crippen LogP contribution < -0.4 is 5.56 Å². The second kappa shape index (κ2) is 4.37. The lowest BCUT2D eigenvalue weighted by Crippen LogP contribution is -2.20. The van der Waals surface area contributed by atoms with Crippen LogP contribution in [0.15, 0.2) is 29.1 Å². The van der Waals surface area contributed by atoms with Crippen LogP contribution in [0.1, 0.15) is 5.56 Å². The highest BCUT2D eigenvalue weighted by Gasteiger charge is 2.14. The number of aromatic nitrogens is 2. The predicted octanol–water partition coefficient (Wildman–Crippen LogP) is 1.60. The molecule has 0 aliphatic carbocycles. The fourth-order valence-electron chi connectivity index (χ4n) is 1.50. The fraction of sp³-hybridized carbons (Fsp3) is 0.0833. The molecule has 0 spiro atoms. The van der Waals surface area contributed by atoms with Crippen LogP contribution in [0.4, 0.5) is 8.78 Å². The van der Waals surface area contributed by atoms with Crippen molar-refractivity contribution in [2.24, 2.45) is 7.05 Å². The van der Waals surface area contributed by atoms with Gasteiger partial charge < -0.3 is 0 Å². The molecule has 0 unspecified atom stereocenters. The van der Waals surface area contributed by atoms with Gasteiger partial charge in [-0.2, -0.15) is 10.4 Å². The predicted molar refractivity (Wildman–Crippen MR) is 59.5 cm³/mol. The van der Waals surface area contributed by atoms with Gasteiger partial charge in [0.25, 0.3) is 5.56 Å². The third-order valence-electron chi connectivity index (χ3n) is 2.40. The van der Waals surface area contributed by atoms with Gasteiger partial charge >= 0.3 is 0 Å². The first kappa shape index (κ1) is 11.9. The largest absolute Gasteiger partial charge is 0.268 e. The van der Waals surface area contributed by atoms with E-state index in [2.05, 4.69) is 5.10 Å². The molecule has 0 atom stereocenters. The minimum atomic E-state index is -0.709. The zero-order valence-electron chi connectivity index (χ0n) is 9.32. The van der Waals surface area contributed by atoms with E-state index in [-0.39, 0.29) is 16.8 Å². The summed E-state index contributed by atoms with van der Waals surface area (Å²) in [5, 5.41) is 12.7. The Bertz CT molecular complexity index is 716. The third-order valence-corrected chi connectivity index (χ3v) is 2.40. The van der Waals surface area contributed by atoms with Gasteiger partial charge in [-0.1, -0.05) is 0 Å². The number of hydrogen-bond acceptors (Lipinski definition) is 3. The lowest BCUT2D eigenvalue weighted by molar-refractivity contribution is 0.601. The Hall–Kier alpha value is -2.55. The van der Waals surface area contributed by atoms with Gasteiger partial charge in [-0.25, -0.2) is 13.5 Å². The zero-order chi connectivity index (χ0) is 13.3. The Morgan fingerprint density at radius 1 is 1.33 bits per heavy atom. The number of hydrogen-bond donors (Lipinski definition) is 0. The summed E-state index contributed by atoms with van der Waals surface area (Å²) in [6, 6.07) is 5.62. The minimum Gasteiger partial charge on any atom is -0.268 e. The van der Waals surface area contributed by atoms with E-state index in [4.69, 9.17) is 5.26 Å². The molecule has 0 N–H and O–H groups in total. The molecule has 1 aromatic carbocycles. The van der Waals surface area contributed by atoms with Crippen molar-refractivity contribution in [3.05, 3.63) is 51.8 Å². The molecule has 0 saturated carbocycles.